The maximum Gasteiger partial charge on any atom is 0.319 e. The van der Waals surface area contributed by atoms with Crippen molar-refractivity contribution in [2.24, 2.45) is 0 Å². The molecule has 2 amide bonds. The third kappa shape index (κ3) is 6.58. The van der Waals surface area contributed by atoms with Gasteiger partial charge in [-0.1, -0.05) is 32.9 Å². The first-order valence-corrected chi connectivity index (χ1v) is 10.0. The van der Waals surface area contributed by atoms with Crippen molar-refractivity contribution < 1.29 is 9.53 Å². The fourth-order valence-corrected chi connectivity index (χ4v) is 3.03. The fourth-order valence-electron chi connectivity index (χ4n) is 2.54. The van der Waals surface area contributed by atoms with Crippen LogP contribution in [0.3, 0.4) is 0 Å². The van der Waals surface area contributed by atoms with Gasteiger partial charge in [-0.15, -0.1) is 0 Å². The van der Waals surface area contributed by atoms with E-state index in [1.54, 1.807) is 0 Å². The van der Waals surface area contributed by atoms with Crippen molar-refractivity contribution in [3.8, 4) is 5.75 Å². The van der Waals surface area contributed by atoms with Crippen molar-refractivity contribution in [1.29, 1.82) is 0 Å². The molecule has 2 aromatic carbocycles. The van der Waals surface area contributed by atoms with E-state index in [4.69, 9.17) is 4.74 Å². The first kappa shape index (κ1) is 21.3. The fraction of sp³-hybridized carbons (Fsp3) is 0.409. The van der Waals surface area contributed by atoms with Gasteiger partial charge >= 0.3 is 6.03 Å². The minimum Gasteiger partial charge on any atom is -0.492 e. The second kappa shape index (κ2) is 9.27. The molecule has 0 aromatic heterocycles. The number of halogens is 1. The number of urea groups is 1. The Morgan fingerprint density at radius 2 is 1.81 bits per heavy atom. The lowest BCUT2D eigenvalue weighted by Crippen LogP contribution is -2.30. The van der Waals surface area contributed by atoms with E-state index in [-0.39, 0.29) is 11.4 Å². The molecule has 0 radical (unpaired) electrons. The van der Waals surface area contributed by atoms with E-state index in [1.807, 2.05) is 38.1 Å². The van der Waals surface area contributed by atoms with Gasteiger partial charge in [0, 0.05) is 12.2 Å². The van der Waals surface area contributed by atoms with Crippen molar-refractivity contribution in [3.05, 3.63) is 57.6 Å². The van der Waals surface area contributed by atoms with E-state index in [0.717, 1.165) is 27.9 Å². The van der Waals surface area contributed by atoms with Gasteiger partial charge in [0.25, 0.3) is 0 Å². The number of nitrogens with one attached hydrogen (secondary N) is 2. The predicted octanol–water partition coefficient (Wildman–Crippen LogP) is 5.95. The summed E-state index contributed by atoms with van der Waals surface area (Å²) in [6.45, 7) is 11.7. The summed E-state index contributed by atoms with van der Waals surface area (Å²) in [5.74, 6) is 0.822. The van der Waals surface area contributed by atoms with Gasteiger partial charge in [-0.05, 0) is 82.6 Å². The molecule has 27 heavy (non-hydrogen) atoms. The standard InChI is InChI=1S/C22H29BrN2O2/c1-15-7-9-18(13-16(15)2)25-21(26)24-11-6-12-27-20-10-8-17(14-19(20)23)22(3,4)5/h7-10,13-14H,6,11-12H2,1-5H3,(H2,24,25,26). The molecule has 2 rings (SSSR count). The lowest BCUT2D eigenvalue weighted by atomic mass is 9.87. The number of amides is 2. The Hall–Kier alpha value is -2.01. The normalized spacial score (nSPS) is 11.2. The van der Waals surface area contributed by atoms with E-state index in [9.17, 15) is 4.79 Å². The molecule has 0 heterocycles. The molecule has 0 aliphatic heterocycles. The van der Waals surface area contributed by atoms with E-state index >= 15 is 0 Å². The molecule has 0 bridgehead atoms. The summed E-state index contributed by atoms with van der Waals surface area (Å²) in [7, 11) is 0. The molecule has 146 valence electrons. The highest BCUT2D eigenvalue weighted by atomic mass is 79.9. The Kier molecular flexibility index (Phi) is 7.31. The van der Waals surface area contributed by atoms with Crippen LogP contribution in [-0.2, 0) is 5.41 Å². The van der Waals surface area contributed by atoms with E-state index in [1.165, 1.54) is 11.1 Å². The number of carbonyl (C=O) groups excluding carboxylic acids is 1. The first-order valence-electron chi connectivity index (χ1n) is 9.22. The van der Waals surface area contributed by atoms with Crippen LogP contribution in [0.15, 0.2) is 40.9 Å². The van der Waals surface area contributed by atoms with Crippen molar-refractivity contribution in [1.82, 2.24) is 5.32 Å². The highest BCUT2D eigenvalue weighted by molar-refractivity contribution is 9.10. The summed E-state index contributed by atoms with van der Waals surface area (Å²) in [5, 5.41) is 5.70. The van der Waals surface area contributed by atoms with E-state index in [2.05, 4.69) is 59.5 Å². The average Bonchev–Trinajstić information content (AvgIpc) is 2.58. The van der Waals surface area contributed by atoms with Crippen LogP contribution >= 0.6 is 15.9 Å². The van der Waals surface area contributed by atoms with Crippen LogP contribution in [-0.4, -0.2) is 19.2 Å². The Morgan fingerprint density at radius 3 is 2.44 bits per heavy atom. The van der Waals surface area contributed by atoms with E-state index < -0.39 is 0 Å². The Bertz CT molecular complexity index is 797. The number of aryl methyl sites for hydroxylation is 2. The molecular weight excluding hydrogens is 404 g/mol. The van der Waals surface area contributed by atoms with Crippen molar-refractivity contribution >= 4 is 27.6 Å². The Labute approximate surface area is 170 Å². The monoisotopic (exact) mass is 432 g/mol. The van der Waals surface area contributed by atoms with Crippen molar-refractivity contribution in [2.45, 2.75) is 46.5 Å². The minimum atomic E-state index is -0.200. The van der Waals surface area contributed by atoms with Crippen LogP contribution in [0.5, 0.6) is 5.75 Å². The zero-order valence-electron chi connectivity index (χ0n) is 16.8. The van der Waals surface area contributed by atoms with Crippen LogP contribution in [0.25, 0.3) is 0 Å². The van der Waals surface area contributed by atoms with Crippen LogP contribution < -0.4 is 15.4 Å². The summed E-state index contributed by atoms with van der Waals surface area (Å²) in [4.78, 5) is 12.0. The Balaban J connectivity index is 1.72. The SMILES string of the molecule is Cc1ccc(NC(=O)NCCCOc2ccc(C(C)(C)C)cc2Br)cc1C. The molecule has 0 aliphatic carbocycles. The summed E-state index contributed by atoms with van der Waals surface area (Å²) in [5.41, 5.74) is 4.53. The molecule has 2 aromatic rings. The van der Waals surface area contributed by atoms with Gasteiger partial charge in [0.1, 0.15) is 5.75 Å². The number of carbonyl (C=O) groups is 1. The van der Waals surface area contributed by atoms with Crippen LogP contribution in [0.4, 0.5) is 10.5 Å². The van der Waals surface area contributed by atoms with Gasteiger partial charge in [-0.2, -0.15) is 0 Å². The summed E-state index contributed by atoms with van der Waals surface area (Å²) >= 11 is 3.58. The second-order valence-electron chi connectivity index (χ2n) is 7.78. The number of hydrogen-bond acceptors (Lipinski definition) is 2. The summed E-state index contributed by atoms with van der Waals surface area (Å²) < 4.78 is 6.77. The smallest absolute Gasteiger partial charge is 0.319 e. The third-order valence-corrected chi connectivity index (χ3v) is 5.05. The largest absolute Gasteiger partial charge is 0.492 e. The summed E-state index contributed by atoms with van der Waals surface area (Å²) in [6, 6.07) is 11.9. The molecule has 4 nitrogen and oxygen atoms in total. The molecule has 0 saturated heterocycles. The third-order valence-electron chi connectivity index (χ3n) is 4.43. The molecule has 0 fully saturated rings. The second-order valence-corrected chi connectivity index (χ2v) is 8.63. The van der Waals surface area contributed by atoms with Crippen LogP contribution in [0, 0.1) is 13.8 Å². The zero-order valence-corrected chi connectivity index (χ0v) is 18.4. The van der Waals surface area contributed by atoms with Crippen molar-refractivity contribution in [3.63, 3.8) is 0 Å². The van der Waals surface area contributed by atoms with Crippen molar-refractivity contribution in [2.75, 3.05) is 18.5 Å². The molecule has 0 aliphatic rings. The zero-order chi connectivity index (χ0) is 20.0. The molecular formula is C22H29BrN2O2. The molecule has 0 atom stereocenters. The first-order chi connectivity index (χ1) is 12.7. The quantitative estimate of drug-likeness (QED) is 0.553. The molecule has 5 heteroatoms. The van der Waals surface area contributed by atoms with Gasteiger partial charge < -0.3 is 15.4 Å². The van der Waals surface area contributed by atoms with E-state index in [0.29, 0.717) is 13.2 Å². The summed E-state index contributed by atoms with van der Waals surface area (Å²) in [6.07, 6.45) is 0.730. The molecule has 0 saturated carbocycles. The van der Waals surface area contributed by atoms with Gasteiger partial charge in [-0.25, -0.2) is 4.79 Å². The molecule has 2 N–H and O–H groups in total. The maximum atomic E-state index is 12.0. The van der Waals surface area contributed by atoms with Gasteiger partial charge in [0.05, 0.1) is 11.1 Å². The maximum absolute atomic E-state index is 12.0. The topological polar surface area (TPSA) is 50.4 Å². The van der Waals surface area contributed by atoms with Gasteiger partial charge in [0.15, 0.2) is 0 Å². The number of anilines is 1. The molecule has 0 unspecified atom stereocenters. The lowest BCUT2D eigenvalue weighted by molar-refractivity contribution is 0.250. The lowest BCUT2D eigenvalue weighted by Gasteiger charge is -2.20. The number of benzene rings is 2. The highest BCUT2D eigenvalue weighted by Crippen LogP contribution is 2.31. The molecule has 0 spiro atoms. The number of hydrogen-bond donors (Lipinski definition) is 2. The highest BCUT2D eigenvalue weighted by Gasteiger charge is 2.15. The van der Waals surface area contributed by atoms with Gasteiger partial charge in [0.2, 0.25) is 0 Å². The number of rotatable bonds is 6. The average molecular weight is 433 g/mol. The van der Waals surface area contributed by atoms with Gasteiger partial charge in [-0.3, -0.25) is 0 Å². The number of ether oxygens (including phenoxy) is 1. The van der Waals surface area contributed by atoms with Crippen LogP contribution in [0.2, 0.25) is 0 Å². The minimum absolute atomic E-state index is 0.105. The Morgan fingerprint density at radius 1 is 1.07 bits per heavy atom. The van der Waals surface area contributed by atoms with Crippen LogP contribution in [0.1, 0.15) is 43.9 Å². The predicted molar refractivity (Wildman–Crippen MR) is 116 cm³/mol.